The molecule has 3 unspecified atom stereocenters. The maximum absolute atomic E-state index is 10.2. The van der Waals surface area contributed by atoms with E-state index in [9.17, 15) is 5.26 Å². The highest BCUT2D eigenvalue weighted by Crippen LogP contribution is 2.51. The Hall–Kier alpha value is -2.83. The molecule has 0 bridgehead atoms. The predicted molar refractivity (Wildman–Crippen MR) is 262 cm³/mol. The van der Waals surface area contributed by atoms with Crippen molar-refractivity contribution in [2.24, 2.45) is 17.8 Å². The van der Waals surface area contributed by atoms with Gasteiger partial charge >= 0.3 is 0 Å². The average molecular weight is 868 g/mol. The molecule has 59 heavy (non-hydrogen) atoms. The van der Waals surface area contributed by atoms with Gasteiger partial charge in [0.2, 0.25) is 0 Å². The van der Waals surface area contributed by atoms with Crippen molar-refractivity contribution in [1.29, 1.82) is 5.26 Å². The molecule has 0 aliphatic heterocycles. The van der Waals surface area contributed by atoms with Crippen LogP contribution in [0.5, 0.6) is 5.75 Å². The third-order valence-electron chi connectivity index (χ3n) is 12.4. The van der Waals surface area contributed by atoms with Crippen LogP contribution in [0.1, 0.15) is 171 Å². The molecule has 1 aromatic carbocycles. The van der Waals surface area contributed by atoms with Crippen LogP contribution in [0.2, 0.25) is 0 Å². The standard InChI is InChI=1S/C51H69N3OS4/c1-9-15-19-20-24-37(23-18-12-4)32-55-43-30-45(59-51(43)48-38(31-52)25-33(7)56-48)44-29-40-47-46(39-26-34(8)57-49(39)50(40)58-44)53-41(27-35(13-5)21-16-10-2)42(54-47)28-36(14-6)22-17-11-3/h25-26,29-30,35-37H,9-24,27-28,32H2,1-8H3. The number of nitriles is 1. The molecule has 0 aliphatic rings. The largest absolute Gasteiger partial charge is 0.492 e. The van der Waals surface area contributed by atoms with Crippen molar-refractivity contribution >= 4 is 76.6 Å². The van der Waals surface area contributed by atoms with E-state index in [1.165, 1.54) is 149 Å². The maximum Gasteiger partial charge on any atom is 0.139 e. The van der Waals surface area contributed by atoms with Gasteiger partial charge in [-0.1, -0.05) is 131 Å². The number of hydrogen-bond acceptors (Lipinski definition) is 8. The maximum atomic E-state index is 10.2. The number of nitrogens with zero attached hydrogens (tertiary/aromatic N) is 3. The van der Waals surface area contributed by atoms with E-state index < -0.39 is 0 Å². The van der Waals surface area contributed by atoms with Crippen molar-refractivity contribution in [3.05, 3.63) is 51.0 Å². The number of hydrogen-bond donors (Lipinski definition) is 0. The van der Waals surface area contributed by atoms with Crippen molar-refractivity contribution < 1.29 is 4.74 Å². The first-order valence-corrected chi connectivity index (χ1v) is 26.4. The van der Waals surface area contributed by atoms with Crippen LogP contribution in [0.3, 0.4) is 0 Å². The lowest BCUT2D eigenvalue weighted by Gasteiger charge is -2.20. The number of benzene rings is 1. The van der Waals surface area contributed by atoms with Gasteiger partial charge in [0, 0.05) is 36.3 Å². The fraction of sp³-hybridized carbons (Fsp3) is 0.588. The van der Waals surface area contributed by atoms with Crippen molar-refractivity contribution in [3.63, 3.8) is 0 Å². The highest BCUT2D eigenvalue weighted by molar-refractivity contribution is 7.31. The van der Waals surface area contributed by atoms with E-state index in [1.54, 1.807) is 22.7 Å². The Morgan fingerprint density at radius 3 is 1.71 bits per heavy atom. The summed E-state index contributed by atoms with van der Waals surface area (Å²) in [7, 11) is 0. The second kappa shape index (κ2) is 22.3. The molecule has 0 fully saturated rings. The highest BCUT2D eigenvalue weighted by atomic mass is 32.1. The van der Waals surface area contributed by atoms with E-state index in [-0.39, 0.29) is 0 Å². The zero-order valence-corrected chi connectivity index (χ0v) is 40.6. The van der Waals surface area contributed by atoms with Crippen LogP contribution < -0.4 is 4.74 Å². The van der Waals surface area contributed by atoms with Gasteiger partial charge in [-0.15, -0.1) is 45.3 Å². The van der Waals surface area contributed by atoms with Gasteiger partial charge in [0.1, 0.15) is 11.8 Å². The first kappa shape index (κ1) is 45.7. The Morgan fingerprint density at radius 1 is 0.576 bits per heavy atom. The fourth-order valence-electron chi connectivity index (χ4n) is 8.76. The lowest BCUT2D eigenvalue weighted by Crippen LogP contribution is -2.13. The summed E-state index contributed by atoms with van der Waals surface area (Å²) in [4.78, 5) is 18.5. The Labute approximate surface area is 371 Å². The molecule has 6 aromatic rings. The molecule has 5 aromatic heterocycles. The summed E-state index contributed by atoms with van der Waals surface area (Å²) in [5, 5.41) is 12.7. The van der Waals surface area contributed by atoms with Gasteiger partial charge in [-0.3, -0.25) is 0 Å². The van der Waals surface area contributed by atoms with Gasteiger partial charge in [-0.2, -0.15) is 5.26 Å². The minimum atomic E-state index is 0.542. The van der Waals surface area contributed by atoms with Gasteiger partial charge in [0.15, 0.2) is 0 Å². The van der Waals surface area contributed by atoms with Crippen LogP contribution in [-0.2, 0) is 12.8 Å². The molecule has 0 aliphatic carbocycles. The Morgan fingerprint density at radius 2 is 1.12 bits per heavy atom. The van der Waals surface area contributed by atoms with Gasteiger partial charge in [-0.25, -0.2) is 9.97 Å². The van der Waals surface area contributed by atoms with E-state index in [0.717, 1.165) is 56.4 Å². The molecule has 5 heterocycles. The summed E-state index contributed by atoms with van der Waals surface area (Å²) in [5.74, 6) is 2.72. The van der Waals surface area contributed by atoms with Crippen molar-refractivity contribution in [2.75, 3.05) is 6.61 Å². The summed E-state index contributed by atoms with van der Waals surface area (Å²) in [6.07, 6.45) is 21.9. The monoisotopic (exact) mass is 867 g/mol. The van der Waals surface area contributed by atoms with Crippen LogP contribution in [0.25, 0.3) is 50.7 Å². The summed E-state index contributed by atoms with van der Waals surface area (Å²) >= 11 is 7.28. The fourth-order valence-corrected chi connectivity index (χ4v) is 13.4. The molecular weight excluding hydrogens is 799 g/mol. The minimum absolute atomic E-state index is 0.542. The predicted octanol–water partition coefficient (Wildman–Crippen LogP) is 17.7. The lowest BCUT2D eigenvalue weighted by atomic mass is 9.89. The minimum Gasteiger partial charge on any atom is -0.492 e. The number of fused-ring (bicyclic) bond motifs is 6. The number of ether oxygens (including phenoxy) is 1. The van der Waals surface area contributed by atoms with Crippen LogP contribution in [-0.4, -0.2) is 16.6 Å². The third-order valence-corrected chi connectivity index (χ3v) is 17.3. The second-order valence-electron chi connectivity index (χ2n) is 17.2. The van der Waals surface area contributed by atoms with Crippen molar-refractivity contribution in [2.45, 2.75) is 171 Å². The number of thiophene rings is 4. The molecule has 0 spiro atoms. The average Bonchev–Trinajstić information content (AvgIpc) is 4.05. The topological polar surface area (TPSA) is 58.8 Å². The molecule has 0 radical (unpaired) electrons. The molecule has 0 saturated heterocycles. The van der Waals surface area contributed by atoms with E-state index in [1.807, 2.05) is 28.7 Å². The molecule has 0 amide bonds. The molecule has 318 valence electrons. The number of rotatable bonds is 25. The molecular formula is C51H69N3OS4. The molecule has 6 rings (SSSR count). The third kappa shape index (κ3) is 11.2. The summed E-state index contributed by atoms with van der Waals surface area (Å²) in [6, 6.07) is 11.6. The van der Waals surface area contributed by atoms with Gasteiger partial charge in [0.25, 0.3) is 0 Å². The first-order valence-electron chi connectivity index (χ1n) is 23.2. The number of unbranched alkanes of at least 4 members (excludes halogenated alkanes) is 6. The van der Waals surface area contributed by atoms with E-state index in [0.29, 0.717) is 17.8 Å². The summed E-state index contributed by atoms with van der Waals surface area (Å²) < 4.78 is 9.54. The Bertz CT molecular complexity index is 2300. The smallest absolute Gasteiger partial charge is 0.139 e. The first-order chi connectivity index (χ1) is 28.7. The van der Waals surface area contributed by atoms with E-state index in [4.69, 9.17) is 14.7 Å². The van der Waals surface area contributed by atoms with Crippen molar-refractivity contribution in [3.8, 4) is 31.3 Å². The zero-order valence-electron chi connectivity index (χ0n) is 37.4. The normalized spacial score (nSPS) is 13.5. The number of aryl methyl sites for hydroxylation is 2. The number of aromatic nitrogens is 2. The molecule has 0 N–H and O–H groups in total. The van der Waals surface area contributed by atoms with Gasteiger partial charge in [-0.05, 0) is 75.5 Å². The zero-order chi connectivity index (χ0) is 41.9. The molecule has 4 nitrogen and oxygen atoms in total. The highest BCUT2D eigenvalue weighted by Gasteiger charge is 2.25. The van der Waals surface area contributed by atoms with Crippen LogP contribution >= 0.6 is 45.3 Å². The van der Waals surface area contributed by atoms with Crippen LogP contribution in [0.4, 0.5) is 0 Å². The van der Waals surface area contributed by atoms with Gasteiger partial charge < -0.3 is 4.74 Å². The SMILES string of the molecule is CCCCCCC(CCCC)COc1cc(-c2cc3c4nc(CC(CC)CCCC)c(CC(CC)CCCC)nc4c4cc(C)sc4c3s2)sc1-c1sc(C)cc1C#N. The van der Waals surface area contributed by atoms with Crippen molar-refractivity contribution in [1.82, 2.24) is 9.97 Å². The Kier molecular flexibility index (Phi) is 17.3. The van der Waals surface area contributed by atoms with E-state index in [2.05, 4.69) is 79.7 Å². The second-order valence-corrected chi connectivity index (χ2v) is 21.8. The molecule has 8 heteroatoms. The lowest BCUT2D eigenvalue weighted by molar-refractivity contribution is 0.226. The van der Waals surface area contributed by atoms with Crippen LogP contribution in [0, 0.1) is 42.9 Å². The quantitative estimate of drug-likeness (QED) is 0.0538. The molecule has 0 saturated carbocycles. The Balaban J connectivity index is 1.48. The summed E-state index contributed by atoms with van der Waals surface area (Å²) in [5.41, 5.74) is 5.35. The van der Waals surface area contributed by atoms with Gasteiger partial charge in [0.05, 0.1) is 53.7 Å². The van der Waals surface area contributed by atoms with Crippen LogP contribution in [0.15, 0.2) is 24.3 Å². The summed E-state index contributed by atoms with van der Waals surface area (Å²) in [6.45, 7) is 19.0. The van der Waals surface area contributed by atoms with E-state index >= 15 is 0 Å². The molecule has 3 atom stereocenters.